The number of nitrogens with zero attached hydrogens (tertiary/aromatic N) is 2. The molecule has 3 rings (SSSR count). The summed E-state index contributed by atoms with van der Waals surface area (Å²) in [5, 5.41) is 0. The lowest BCUT2D eigenvalue weighted by Gasteiger charge is -2.31. The van der Waals surface area contributed by atoms with Gasteiger partial charge in [0, 0.05) is 19.6 Å². The van der Waals surface area contributed by atoms with Crippen molar-refractivity contribution in [1.29, 1.82) is 0 Å². The van der Waals surface area contributed by atoms with E-state index in [1.165, 1.54) is 37.8 Å². The molecule has 0 amide bonds. The van der Waals surface area contributed by atoms with E-state index in [4.69, 9.17) is 10.7 Å². The summed E-state index contributed by atoms with van der Waals surface area (Å²) in [6, 6.07) is 6.30. The summed E-state index contributed by atoms with van der Waals surface area (Å²) in [4.78, 5) is 9.16. The van der Waals surface area contributed by atoms with Crippen molar-refractivity contribution in [1.82, 2.24) is 9.97 Å². The van der Waals surface area contributed by atoms with Crippen molar-refractivity contribution in [3.05, 3.63) is 41.3 Å². The molecule has 0 radical (unpaired) electrons. The predicted molar refractivity (Wildman–Crippen MR) is 114 cm³/mol. The van der Waals surface area contributed by atoms with E-state index in [9.17, 15) is 13.2 Å². The number of hydrogen-bond donors (Lipinski definition) is 1. The summed E-state index contributed by atoms with van der Waals surface area (Å²) in [5.74, 6) is 1.78. The average Bonchev–Trinajstić information content (AvgIpc) is 3.12. The maximum atomic E-state index is 13.0. The van der Waals surface area contributed by atoms with Crippen LogP contribution in [0, 0.1) is 12.8 Å². The lowest BCUT2D eigenvalue weighted by Crippen LogP contribution is -2.27. The molecule has 1 atom stereocenters. The molecule has 3 nitrogen and oxygen atoms in total. The van der Waals surface area contributed by atoms with Crippen LogP contribution in [-0.2, 0) is 6.18 Å². The van der Waals surface area contributed by atoms with Crippen LogP contribution in [0.3, 0.4) is 0 Å². The minimum atomic E-state index is -4.36. The smallest absolute Gasteiger partial charge is 0.383 e. The van der Waals surface area contributed by atoms with E-state index in [2.05, 4.69) is 24.6 Å². The molecule has 29 heavy (non-hydrogen) atoms. The van der Waals surface area contributed by atoms with Crippen LogP contribution in [0.25, 0.3) is 11.1 Å². The largest absolute Gasteiger partial charge is 0.416 e. The van der Waals surface area contributed by atoms with Crippen molar-refractivity contribution < 1.29 is 13.2 Å². The highest BCUT2D eigenvalue weighted by molar-refractivity contribution is 6.76. The van der Waals surface area contributed by atoms with Gasteiger partial charge in [0.1, 0.15) is 11.6 Å². The molecule has 1 aliphatic carbocycles. The predicted octanol–water partition coefficient (Wildman–Crippen LogP) is 6.67. The van der Waals surface area contributed by atoms with Crippen molar-refractivity contribution in [2.45, 2.75) is 70.4 Å². The van der Waals surface area contributed by atoms with E-state index < -0.39 is 19.8 Å². The van der Waals surface area contributed by atoms with E-state index in [0.29, 0.717) is 28.7 Å². The summed E-state index contributed by atoms with van der Waals surface area (Å²) in [6.07, 6.45) is 0.431. The molecular formula is C22H30F3N3Si. The van der Waals surface area contributed by atoms with E-state index in [0.717, 1.165) is 23.9 Å². The Morgan fingerprint density at radius 2 is 1.66 bits per heavy atom. The Morgan fingerprint density at radius 3 is 2.17 bits per heavy atom. The zero-order valence-electron chi connectivity index (χ0n) is 17.6. The topological polar surface area (TPSA) is 51.8 Å². The van der Waals surface area contributed by atoms with Crippen LogP contribution in [0.15, 0.2) is 24.3 Å². The Bertz CT molecular complexity index is 851. The molecule has 7 heteroatoms. The third-order valence-electron chi connectivity index (χ3n) is 5.73. The van der Waals surface area contributed by atoms with Crippen LogP contribution >= 0.6 is 0 Å². The Labute approximate surface area is 172 Å². The number of aromatic nitrogens is 2. The zero-order valence-corrected chi connectivity index (χ0v) is 18.6. The number of aryl methyl sites for hydroxylation is 1. The van der Waals surface area contributed by atoms with Gasteiger partial charge in [0.2, 0.25) is 0 Å². The molecule has 0 aliphatic heterocycles. The Morgan fingerprint density at radius 1 is 1.07 bits per heavy atom. The van der Waals surface area contributed by atoms with Gasteiger partial charge in [-0.05, 0) is 49.4 Å². The molecule has 1 fully saturated rings. The second-order valence-corrected chi connectivity index (χ2v) is 14.9. The van der Waals surface area contributed by atoms with E-state index in [1.807, 2.05) is 6.92 Å². The highest BCUT2D eigenvalue weighted by atomic mass is 28.3. The summed E-state index contributed by atoms with van der Waals surface area (Å²) >= 11 is 0. The highest BCUT2D eigenvalue weighted by Gasteiger charge is 2.35. The minimum absolute atomic E-state index is 0.269. The summed E-state index contributed by atoms with van der Waals surface area (Å²) in [5.41, 5.74) is 7.94. The van der Waals surface area contributed by atoms with Gasteiger partial charge in [0.05, 0.1) is 11.3 Å². The van der Waals surface area contributed by atoms with Gasteiger partial charge >= 0.3 is 6.18 Å². The van der Waals surface area contributed by atoms with Gasteiger partial charge in [-0.1, -0.05) is 44.6 Å². The van der Waals surface area contributed by atoms with Crippen LogP contribution < -0.4 is 5.73 Å². The van der Waals surface area contributed by atoms with Crippen molar-refractivity contribution in [3.63, 3.8) is 0 Å². The molecule has 0 spiro atoms. The standard InChI is InChI=1S/C22H30F3N3Si/c1-14-27-20(18(13-29(2,3)4)15-7-5-6-8-15)19(21(26)28-14)16-9-11-17(12-10-16)22(23,24)25/h9-12,15,18H,5-8,13H2,1-4H3,(H2,26,27,28). The number of hydrogen-bond acceptors (Lipinski definition) is 3. The van der Waals surface area contributed by atoms with Crippen molar-refractivity contribution in [2.24, 2.45) is 5.92 Å². The van der Waals surface area contributed by atoms with Crippen molar-refractivity contribution in [2.75, 3.05) is 5.73 Å². The molecule has 158 valence electrons. The van der Waals surface area contributed by atoms with Crippen LogP contribution in [0.2, 0.25) is 25.7 Å². The average molecular weight is 422 g/mol. The number of halogens is 3. The first kappa shape index (κ1) is 21.8. The Hall–Kier alpha value is -1.89. The quantitative estimate of drug-likeness (QED) is 0.549. The first-order valence-electron chi connectivity index (χ1n) is 10.3. The Kier molecular flexibility index (Phi) is 6.08. The van der Waals surface area contributed by atoms with Gasteiger partial charge < -0.3 is 5.73 Å². The first-order chi connectivity index (χ1) is 13.5. The Balaban J connectivity index is 2.12. The van der Waals surface area contributed by atoms with E-state index in [1.54, 1.807) is 0 Å². The molecule has 1 heterocycles. The lowest BCUT2D eigenvalue weighted by molar-refractivity contribution is -0.137. The third-order valence-corrected chi connectivity index (χ3v) is 7.39. The van der Waals surface area contributed by atoms with Crippen molar-refractivity contribution in [3.8, 4) is 11.1 Å². The number of nitrogens with two attached hydrogens (primary N) is 1. The van der Waals surface area contributed by atoms with Crippen LogP contribution in [0.5, 0.6) is 0 Å². The number of nitrogen functional groups attached to an aromatic ring is 1. The van der Waals surface area contributed by atoms with Crippen LogP contribution in [0.4, 0.5) is 19.0 Å². The first-order valence-corrected chi connectivity index (χ1v) is 14.0. The van der Waals surface area contributed by atoms with Gasteiger partial charge in [-0.15, -0.1) is 0 Å². The number of benzene rings is 1. The van der Waals surface area contributed by atoms with Gasteiger partial charge in [0.15, 0.2) is 0 Å². The van der Waals surface area contributed by atoms with Gasteiger partial charge in [0.25, 0.3) is 0 Å². The van der Waals surface area contributed by atoms with E-state index >= 15 is 0 Å². The number of rotatable bonds is 5. The molecule has 0 saturated heterocycles. The van der Waals surface area contributed by atoms with Gasteiger partial charge in [-0.25, -0.2) is 9.97 Å². The van der Waals surface area contributed by atoms with Crippen molar-refractivity contribution >= 4 is 13.9 Å². The van der Waals surface area contributed by atoms with Gasteiger partial charge in [-0.3, -0.25) is 0 Å². The molecule has 1 aromatic carbocycles. The summed E-state index contributed by atoms with van der Waals surface area (Å²) in [7, 11) is -1.41. The maximum Gasteiger partial charge on any atom is 0.416 e. The fourth-order valence-electron chi connectivity index (χ4n) is 4.51. The summed E-state index contributed by atoms with van der Waals surface area (Å²) < 4.78 is 39.0. The normalized spacial score (nSPS) is 16.9. The van der Waals surface area contributed by atoms with E-state index in [-0.39, 0.29) is 5.92 Å². The fraction of sp³-hybridized carbons (Fsp3) is 0.545. The fourth-order valence-corrected chi connectivity index (χ4v) is 6.36. The zero-order chi connectivity index (χ0) is 21.4. The molecule has 1 aromatic heterocycles. The number of alkyl halides is 3. The van der Waals surface area contributed by atoms with Crippen LogP contribution in [-0.4, -0.2) is 18.0 Å². The molecule has 0 bridgehead atoms. The molecule has 1 aliphatic rings. The second-order valence-electron chi connectivity index (χ2n) is 9.41. The molecular weight excluding hydrogens is 391 g/mol. The highest BCUT2D eigenvalue weighted by Crippen LogP contribution is 2.45. The summed E-state index contributed by atoms with van der Waals surface area (Å²) in [6.45, 7) is 8.88. The third kappa shape index (κ3) is 5.18. The number of anilines is 1. The van der Waals surface area contributed by atoms with Crippen LogP contribution in [0.1, 0.15) is 48.7 Å². The SMILES string of the molecule is Cc1nc(N)c(-c2ccc(C(F)(F)F)cc2)c(C(C[Si](C)(C)C)C2CCCC2)n1. The molecule has 2 aromatic rings. The minimum Gasteiger partial charge on any atom is -0.383 e. The second kappa shape index (κ2) is 8.09. The maximum absolute atomic E-state index is 13.0. The molecule has 2 N–H and O–H groups in total. The lowest BCUT2D eigenvalue weighted by atomic mass is 9.85. The monoisotopic (exact) mass is 421 g/mol. The molecule has 1 unspecified atom stereocenters. The van der Waals surface area contributed by atoms with Gasteiger partial charge in [-0.2, -0.15) is 13.2 Å². The molecule has 1 saturated carbocycles.